The Morgan fingerprint density at radius 2 is 2.10 bits per heavy atom. The Morgan fingerprint density at radius 1 is 1.43 bits per heavy atom. The Balaban J connectivity index is 0.000000315. The molecule has 116 valence electrons. The Labute approximate surface area is 120 Å². The summed E-state index contributed by atoms with van der Waals surface area (Å²) in [5.74, 6) is -2.43. The van der Waals surface area contributed by atoms with Crippen LogP contribution in [0.1, 0.15) is 18.1 Å². The predicted octanol–water partition coefficient (Wildman–Crippen LogP) is 0.0905. The topological polar surface area (TPSA) is 126 Å². The molecule has 1 aliphatic rings. The van der Waals surface area contributed by atoms with Crippen LogP contribution in [0.2, 0.25) is 0 Å². The molecule has 0 saturated carbocycles. The molecule has 0 aliphatic carbocycles. The van der Waals surface area contributed by atoms with Crippen molar-refractivity contribution in [1.29, 1.82) is 0 Å². The van der Waals surface area contributed by atoms with E-state index < -0.39 is 11.9 Å². The van der Waals surface area contributed by atoms with Crippen LogP contribution in [0.3, 0.4) is 0 Å². The number of nitrogens with zero attached hydrogens (tertiary/aromatic N) is 3. The predicted molar refractivity (Wildman–Crippen MR) is 70.4 cm³/mol. The minimum Gasteiger partial charge on any atom is -0.473 e. The zero-order valence-electron chi connectivity index (χ0n) is 11.8. The van der Waals surface area contributed by atoms with Gasteiger partial charge in [0.25, 0.3) is 5.89 Å². The highest BCUT2D eigenvalue weighted by atomic mass is 16.5. The van der Waals surface area contributed by atoms with Crippen molar-refractivity contribution in [3.8, 4) is 0 Å². The van der Waals surface area contributed by atoms with Crippen molar-refractivity contribution in [2.75, 3.05) is 27.2 Å². The summed E-state index contributed by atoms with van der Waals surface area (Å²) in [5, 5.41) is 18.6. The van der Waals surface area contributed by atoms with Crippen LogP contribution in [0.5, 0.6) is 0 Å². The van der Waals surface area contributed by atoms with E-state index in [1.807, 2.05) is 0 Å². The first-order chi connectivity index (χ1) is 9.93. The number of carbonyl (C=O) groups is 2. The van der Waals surface area contributed by atoms with Crippen LogP contribution < -0.4 is 0 Å². The third kappa shape index (κ3) is 5.71. The Kier molecular flexibility index (Phi) is 6.50. The second-order valence-electron chi connectivity index (χ2n) is 4.31. The van der Waals surface area contributed by atoms with Crippen molar-refractivity contribution < 1.29 is 29.1 Å². The lowest BCUT2D eigenvalue weighted by Crippen LogP contribution is -2.25. The Hall–Kier alpha value is -2.26. The molecule has 1 aliphatic heterocycles. The van der Waals surface area contributed by atoms with E-state index in [1.54, 1.807) is 7.11 Å². The van der Waals surface area contributed by atoms with Crippen molar-refractivity contribution >= 4 is 17.5 Å². The van der Waals surface area contributed by atoms with Crippen molar-refractivity contribution in [2.45, 2.75) is 13.0 Å². The third-order valence-corrected chi connectivity index (χ3v) is 2.54. The lowest BCUT2D eigenvalue weighted by molar-refractivity contribution is -0.159. The maximum Gasteiger partial charge on any atom is 0.414 e. The van der Waals surface area contributed by atoms with E-state index in [4.69, 9.17) is 29.1 Å². The molecule has 0 bridgehead atoms. The van der Waals surface area contributed by atoms with E-state index in [-0.39, 0.29) is 0 Å². The van der Waals surface area contributed by atoms with Gasteiger partial charge in [0.15, 0.2) is 5.82 Å². The number of carboxylic acids is 2. The monoisotopic (exact) mass is 299 g/mol. The molecule has 0 atom stereocenters. The molecule has 0 amide bonds. The number of methoxy groups -OCH3 is 1. The average Bonchev–Trinajstić information content (AvgIpc) is 2.88. The second kappa shape index (κ2) is 8.12. The van der Waals surface area contributed by atoms with Gasteiger partial charge in [-0.1, -0.05) is 11.2 Å². The van der Waals surface area contributed by atoms with Crippen LogP contribution in [-0.4, -0.2) is 64.4 Å². The quantitative estimate of drug-likeness (QED) is 0.746. The molecular weight excluding hydrogens is 282 g/mol. The van der Waals surface area contributed by atoms with Crippen molar-refractivity contribution in [1.82, 2.24) is 15.0 Å². The van der Waals surface area contributed by atoms with E-state index in [1.165, 1.54) is 0 Å². The van der Waals surface area contributed by atoms with Crippen molar-refractivity contribution in [3.63, 3.8) is 0 Å². The lowest BCUT2D eigenvalue weighted by Gasteiger charge is -2.20. The standard InChI is InChI=1S/C10H15N3O2.C2H2O4/c1-13-5-3-4-8(6-13)10-11-9(7-14-2)12-15-10;3-1(4)2(5)6/h4H,3,5-7H2,1-2H3;(H,3,4)(H,5,6). The van der Waals surface area contributed by atoms with Gasteiger partial charge in [0, 0.05) is 25.8 Å². The van der Waals surface area contributed by atoms with Crippen molar-refractivity contribution in [3.05, 3.63) is 17.8 Å². The van der Waals surface area contributed by atoms with Crippen molar-refractivity contribution in [2.24, 2.45) is 0 Å². The highest BCUT2D eigenvalue weighted by Gasteiger charge is 2.16. The highest BCUT2D eigenvalue weighted by Crippen LogP contribution is 2.18. The third-order valence-electron chi connectivity index (χ3n) is 2.54. The summed E-state index contributed by atoms with van der Waals surface area (Å²) in [5.41, 5.74) is 1.11. The van der Waals surface area contributed by atoms with Crippen LogP contribution in [0, 0.1) is 0 Å². The summed E-state index contributed by atoms with van der Waals surface area (Å²) in [6.07, 6.45) is 3.19. The SMILES string of the molecule is COCc1noc(C2=CCCN(C)C2)n1.O=C(O)C(=O)O. The molecule has 2 N–H and O–H groups in total. The number of hydrogen-bond acceptors (Lipinski definition) is 7. The molecule has 21 heavy (non-hydrogen) atoms. The molecule has 9 nitrogen and oxygen atoms in total. The maximum absolute atomic E-state index is 9.10. The molecule has 0 unspecified atom stereocenters. The smallest absolute Gasteiger partial charge is 0.414 e. The Bertz CT molecular complexity index is 513. The first-order valence-electron chi connectivity index (χ1n) is 6.09. The van der Waals surface area contributed by atoms with Gasteiger partial charge in [-0.2, -0.15) is 4.98 Å². The first kappa shape index (κ1) is 16.8. The highest BCUT2D eigenvalue weighted by molar-refractivity contribution is 6.27. The van der Waals surface area contributed by atoms with Crippen LogP contribution >= 0.6 is 0 Å². The summed E-state index contributed by atoms with van der Waals surface area (Å²) in [7, 11) is 3.70. The normalized spacial score (nSPS) is 14.9. The van der Waals surface area contributed by atoms with E-state index in [0.29, 0.717) is 18.3 Å². The minimum atomic E-state index is -1.82. The van der Waals surface area contributed by atoms with Crippen LogP contribution in [0.15, 0.2) is 10.6 Å². The van der Waals surface area contributed by atoms with Gasteiger partial charge in [-0.25, -0.2) is 9.59 Å². The van der Waals surface area contributed by atoms with Gasteiger partial charge in [0.1, 0.15) is 6.61 Å². The number of rotatable bonds is 3. The molecule has 0 spiro atoms. The molecule has 2 heterocycles. The summed E-state index contributed by atoms with van der Waals surface area (Å²) in [4.78, 5) is 24.7. The number of carboxylic acid groups (broad SMARTS) is 2. The summed E-state index contributed by atoms with van der Waals surface area (Å²) in [6.45, 7) is 2.35. The van der Waals surface area contributed by atoms with Gasteiger partial charge in [-0.3, -0.25) is 0 Å². The van der Waals surface area contributed by atoms with Gasteiger partial charge < -0.3 is 24.4 Å². The molecule has 0 aromatic carbocycles. The van der Waals surface area contributed by atoms with Crippen LogP contribution in [0.4, 0.5) is 0 Å². The zero-order chi connectivity index (χ0) is 15.8. The molecule has 0 saturated heterocycles. The summed E-state index contributed by atoms with van der Waals surface area (Å²) < 4.78 is 10.1. The van der Waals surface area contributed by atoms with Gasteiger partial charge in [-0.15, -0.1) is 0 Å². The second-order valence-corrected chi connectivity index (χ2v) is 4.31. The summed E-state index contributed by atoms with van der Waals surface area (Å²) >= 11 is 0. The first-order valence-corrected chi connectivity index (χ1v) is 6.09. The fourth-order valence-corrected chi connectivity index (χ4v) is 1.62. The van der Waals surface area contributed by atoms with E-state index in [0.717, 1.165) is 25.1 Å². The molecule has 9 heteroatoms. The van der Waals surface area contributed by atoms with Crippen LogP contribution in [-0.2, 0) is 20.9 Å². The number of aromatic nitrogens is 2. The van der Waals surface area contributed by atoms with Gasteiger partial charge in [0.05, 0.1) is 0 Å². The maximum atomic E-state index is 9.10. The largest absolute Gasteiger partial charge is 0.473 e. The molecule has 1 aromatic heterocycles. The Morgan fingerprint density at radius 3 is 2.62 bits per heavy atom. The fourth-order valence-electron chi connectivity index (χ4n) is 1.62. The fraction of sp³-hybridized carbons (Fsp3) is 0.500. The summed E-state index contributed by atoms with van der Waals surface area (Å²) in [6, 6.07) is 0. The molecule has 2 rings (SSSR count). The minimum absolute atomic E-state index is 0.395. The van der Waals surface area contributed by atoms with E-state index >= 15 is 0 Å². The number of ether oxygens (including phenoxy) is 1. The number of likely N-dealkylation sites (N-methyl/N-ethyl adjacent to an activating group) is 1. The molecule has 0 fully saturated rings. The van der Waals surface area contributed by atoms with Gasteiger partial charge >= 0.3 is 11.9 Å². The molecule has 0 radical (unpaired) electrons. The molecule has 1 aromatic rings. The van der Waals surface area contributed by atoms with Crippen LogP contribution in [0.25, 0.3) is 5.57 Å². The molecular formula is C12H17N3O6. The van der Waals surface area contributed by atoms with E-state index in [9.17, 15) is 0 Å². The number of hydrogen-bond donors (Lipinski definition) is 2. The van der Waals surface area contributed by atoms with Gasteiger partial charge in [-0.05, 0) is 13.5 Å². The van der Waals surface area contributed by atoms with Gasteiger partial charge in [0.2, 0.25) is 0 Å². The lowest BCUT2D eigenvalue weighted by atomic mass is 10.1. The van der Waals surface area contributed by atoms with E-state index in [2.05, 4.69) is 28.2 Å². The number of aliphatic carboxylic acids is 2. The zero-order valence-corrected chi connectivity index (χ0v) is 11.8. The average molecular weight is 299 g/mol.